The molecule has 0 bridgehead atoms. The molecule has 184 valence electrons. The second-order valence-corrected chi connectivity index (χ2v) is 8.84. The van der Waals surface area contributed by atoms with Gasteiger partial charge in [-0.15, -0.1) is 0 Å². The summed E-state index contributed by atoms with van der Waals surface area (Å²) in [5, 5.41) is 4.66. The van der Waals surface area contributed by atoms with Crippen molar-refractivity contribution in [2.45, 2.75) is 12.6 Å². The molecule has 0 saturated heterocycles. The lowest BCUT2D eigenvalue weighted by molar-refractivity contribution is -0.140. The first-order chi connectivity index (χ1) is 17.1. The molecule has 0 spiro atoms. The molecule has 0 aliphatic carbocycles. The second kappa shape index (κ2) is 8.78. The predicted octanol–water partition coefficient (Wildman–Crippen LogP) is 5.11. The molecule has 7 nitrogen and oxygen atoms in total. The third-order valence-corrected chi connectivity index (χ3v) is 6.04. The summed E-state index contributed by atoms with van der Waals surface area (Å²) in [6, 6.07) is 15.3. The first-order valence-electron chi connectivity index (χ1n) is 11.3. The summed E-state index contributed by atoms with van der Waals surface area (Å²) in [7, 11) is 7.36. The van der Waals surface area contributed by atoms with Gasteiger partial charge in [0.05, 0.1) is 11.9 Å². The number of hydrogen-bond donors (Lipinski definition) is 0. The van der Waals surface area contributed by atoms with Crippen LogP contribution in [-0.4, -0.2) is 43.4 Å². The lowest BCUT2D eigenvalue weighted by Gasteiger charge is -2.16. The molecule has 0 aliphatic heterocycles. The Balaban J connectivity index is 1.47. The molecule has 0 aliphatic rings. The van der Waals surface area contributed by atoms with Crippen LogP contribution in [0.4, 0.5) is 18.9 Å². The summed E-state index contributed by atoms with van der Waals surface area (Å²) in [5.74, 6) is 0.876. The van der Waals surface area contributed by atoms with Gasteiger partial charge in [-0.25, -0.2) is 15.0 Å². The molecule has 5 rings (SSSR count). The predicted molar refractivity (Wildman–Crippen MR) is 133 cm³/mol. The third-order valence-electron chi connectivity index (χ3n) is 6.04. The first-order valence-corrected chi connectivity index (χ1v) is 11.3. The number of fused-ring (bicyclic) bond motifs is 1. The van der Waals surface area contributed by atoms with E-state index in [-0.39, 0.29) is 5.82 Å². The second-order valence-electron chi connectivity index (χ2n) is 8.84. The molecule has 3 heterocycles. The van der Waals surface area contributed by atoms with E-state index >= 15 is 0 Å². The number of para-hydroxylation sites is 1. The molecule has 0 radical (unpaired) electrons. The lowest BCUT2D eigenvalue weighted by Crippen LogP contribution is -2.10. The average Bonchev–Trinajstić information content (AvgIpc) is 3.39. The Morgan fingerprint density at radius 3 is 2.33 bits per heavy atom. The SMILES string of the molecule is CN(C)c1ccccc1-c1ncc2c(n1)c(Cc1ccc(-c3nc(C(F)(F)F)cn3C)cc1)nn2C. The van der Waals surface area contributed by atoms with E-state index < -0.39 is 11.9 Å². The van der Waals surface area contributed by atoms with Gasteiger partial charge in [0.1, 0.15) is 16.9 Å². The van der Waals surface area contributed by atoms with E-state index in [4.69, 9.17) is 4.98 Å². The normalized spacial score (nSPS) is 11.9. The topological polar surface area (TPSA) is 64.7 Å². The molecule has 5 aromatic rings. The van der Waals surface area contributed by atoms with Crippen LogP contribution in [0.3, 0.4) is 0 Å². The maximum Gasteiger partial charge on any atom is 0.434 e. The number of alkyl halides is 3. The summed E-state index contributed by atoms with van der Waals surface area (Å²) < 4.78 is 42.2. The van der Waals surface area contributed by atoms with Crippen LogP contribution >= 0.6 is 0 Å². The Hall–Kier alpha value is -4.21. The van der Waals surface area contributed by atoms with Crippen molar-refractivity contribution in [1.82, 2.24) is 29.3 Å². The molecular formula is C26H24F3N7. The number of nitrogens with zero attached hydrogens (tertiary/aromatic N) is 7. The van der Waals surface area contributed by atoms with Crippen LogP contribution in [-0.2, 0) is 26.7 Å². The zero-order valence-electron chi connectivity index (χ0n) is 20.2. The van der Waals surface area contributed by atoms with Gasteiger partial charge in [0.2, 0.25) is 0 Å². The summed E-state index contributed by atoms with van der Waals surface area (Å²) in [6.07, 6.45) is -1.19. The fourth-order valence-electron chi connectivity index (χ4n) is 4.24. The van der Waals surface area contributed by atoms with Crippen molar-refractivity contribution >= 4 is 16.7 Å². The Morgan fingerprint density at radius 1 is 0.944 bits per heavy atom. The Labute approximate surface area is 205 Å². The van der Waals surface area contributed by atoms with E-state index in [1.54, 1.807) is 30.1 Å². The van der Waals surface area contributed by atoms with E-state index in [2.05, 4.69) is 15.1 Å². The number of benzene rings is 2. The number of aryl methyl sites for hydroxylation is 2. The molecule has 0 saturated carbocycles. The quantitative estimate of drug-likeness (QED) is 0.342. The highest BCUT2D eigenvalue weighted by molar-refractivity contribution is 5.82. The number of halogens is 3. The van der Waals surface area contributed by atoms with E-state index in [0.29, 0.717) is 17.8 Å². The standard InChI is InChI=1S/C26H24F3N7/c1-34(2)20-8-6-5-7-18(20)24-30-14-21-23(32-24)19(33-36(21)4)13-16-9-11-17(12-10-16)25-31-22(15-35(25)3)26(27,28)29/h5-12,14-15H,13H2,1-4H3. The van der Waals surface area contributed by atoms with Gasteiger partial charge in [-0.1, -0.05) is 36.4 Å². The van der Waals surface area contributed by atoms with Crippen molar-refractivity contribution in [1.29, 1.82) is 0 Å². The number of anilines is 1. The molecular weight excluding hydrogens is 467 g/mol. The van der Waals surface area contributed by atoms with Crippen LogP contribution in [0.5, 0.6) is 0 Å². The monoisotopic (exact) mass is 491 g/mol. The van der Waals surface area contributed by atoms with Crippen molar-refractivity contribution in [2.75, 3.05) is 19.0 Å². The zero-order valence-corrected chi connectivity index (χ0v) is 20.2. The Kier molecular flexibility index (Phi) is 5.74. The van der Waals surface area contributed by atoms with Gasteiger partial charge < -0.3 is 9.47 Å². The van der Waals surface area contributed by atoms with E-state index in [1.807, 2.05) is 62.4 Å². The van der Waals surface area contributed by atoms with Crippen LogP contribution < -0.4 is 4.90 Å². The van der Waals surface area contributed by atoms with Crippen molar-refractivity contribution in [3.8, 4) is 22.8 Å². The van der Waals surface area contributed by atoms with E-state index in [1.165, 1.54) is 4.57 Å². The van der Waals surface area contributed by atoms with Crippen molar-refractivity contribution in [3.05, 3.63) is 77.9 Å². The number of imidazole rings is 1. The molecule has 36 heavy (non-hydrogen) atoms. The molecule has 2 aromatic carbocycles. The first kappa shape index (κ1) is 23.5. The van der Waals surface area contributed by atoms with Crippen LogP contribution in [0.1, 0.15) is 17.0 Å². The largest absolute Gasteiger partial charge is 0.434 e. The van der Waals surface area contributed by atoms with E-state index in [9.17, 15) is 13.2 Å². The summed E-state index contributed by atoms with van der Waals surface area (Å²) >= 11 is 0. The van der Waals surface area contributed by atoms with Crippen LogP contribution in [0, 0.1) is 0 Å². The average molecular weight is 492 g/mol. The van der Waals surface area contributed by atoms with Gasteiger partial charge in [0, 0.05) is 57.6 Å². The van der Waals surface area contributed by atoms with Crippen LogP contribution in [0.15, 0.2) is 60.9 Å². The van der Waals surface area contributed by atoms with Gasteiger partial charge in [-0.3, -0.25) is 4.68 Å². The minimum atomic E-state index is -4.48. The minimum Gasteiger partial charge on any atom is -0.377 e. The number of hydrogen-bond acceptors (Lipinski definition) is 5. The summed E-state index contributed by atoms with van der Waals surface area (Å²) in [6.45, 7) is 0. The highest BCUT2D eigenvalue weighted by Crippen LogP contribution is 2.31. The smallest absolute Gasteiger partial charge is 0.377 e. The van der Waals surface area contributed by atoms with Gasteiger partial charge in [0.15, 0.2) is 11.5 Å². The highest BCUT2D eigenvalue weighted by Gasteiger charge is 2.34. The van der Waals surface area contributed by atoms with Gasteiger partial charge >= 0.3 is 6.18 Å². The van der Waals surface area contributed by atoms with Gasteiger partial charge in [-0.05, 0) is 17.7 Å². The third kappa shape index (κ3) is 4.30. The fourth-order valence-corrected chi connectivity index (χ4v) is 4.24. The maximum absolute atomic E-state index is 13.0. The molecule has 0 N–H and O–H groups in total. The molecule has 3 aromatic heterocycles. The van der Waals surface area contributed by atoms with Crippen molar-refractivity contribution in [3.63, 3.8) is 0 Å². The summed E-state index contributed by atoms with van der Waals surface area (Å²) in [5.41, 5.74) is 4.97. The zero-order chi connectivity index (χ0) is 25.6. The maximum atomic E-state index is 13.0. The van der Waals surface area contributed by atoms with Gasteiger partial charge in [0.25, 0.3) is 0 Å². The molecule has 0 fully saturated rings. The fraction of sp³-hybridized carbons (Fsp3) is 0.231. The van der Waals surface area contributed by atoms with Crippen molar-refractivity contribution in [2.24, 2.45) is 14.1 Å². The molecule has 0 atom stereocenters. The van der Waals surface area contributed by atoms with Crippen molar-refractivity contribution < 1.29 is 13.2 Å². The number of rotatable bonds is 5. The number of aromatic nitrogens is 6. The Bertz CT molecular complexity index is 1550. The minimum absolute atomic E-state index is 0.258. The molecule has 0 unspecified atom stereocenters. The molecule has 0 amide bonds. The highest BCUT2D eigenvalue weighted by atomic mass is 19.4. The van der Waals surface area contributed by atoms with Gasteiger partial charge in [-0.2, -0.15) is 18.3 Å². The summed E-state index contributed by atoms with van der Waals surface area (Å²) in [4.78, 5) is 15.2. The molecule has 10 heteroatoms. The lowest BCUT2D eigenvalue weighted by atomic mass is 10.1. The van der Waals surface area contributed by atoms with E-state index in [0.717, 1.165) is 39.7 Å². The Morgan fingerprint density at radius 2 is 1.67 bits per heavy atom. The van der Waals surface area contributed by atoms with Crippen LogP contribution in [0.25, 0.3) is 33.8 Å². The van der Waals surface area contributed by atoms with Crippen LogP contribution in [0.2, 0.25) is 0 Å².